The second kappa shape index (κ2) is 10.4. The lowest BCUT2D eigenvalue weighted by molar-refractivity contribution is -0.140. The van der Waals surface area contributed by atoms with Crippen molar-refractivity contribution in [2.24, 2.45) is 5.92 Å². The van der Waals surface area contributed by atoms with Crippen LogP contribution in [0.1, 0.15) is 42.6 Å². The van der Waals surface area contributed by atoms with Crippen molar-refractivity contribution in [2.45, 2.75) is 38.9 Å². The summed E-state index contributed by atoms with van der Waals surface area (Å²) in [6.45, 7) is 5.46. The molecular formula is C27H31N3O. The Bertz CT molecular complexity index is 946. The minimum absolute atomic E-state index is 0.0207. The van der Waals surface area contributed by atoms with Crippen LogP contribution >= 0.6 is 0 Å². The maximum atomic E-state index is 13.8. The van der Waals surface area contributed by atoms with Crippen molar-refractivity contribution < 1.29 is 4.79 Å². The summed E-state index contributed by atoms with van der Waals surface area (Å²) < 4.78 is 0. The van der Waals surface area contributed by atoms with Crippen LogP contribution in [0.2, 0.25) is 0 Å². The first-order chi connectivity index (χ1) is 15.2. The Labute approximate surface area is 185 Å². The van der Waals surface area contributed by atoms with Gasteiger partial charge in [0.25, 0.3) is 0 Å². The van der Waals surface area contributed by atoms with Crippen molar-refractivity contribution in [3.63, 3.8) is 0 Å². The molecule has 1 amide bonds. The number of hydrogen-bond acceptors (Lipinski definition) is 3. The molecule has 3 aromatic rings. The van der Waals surface area contributed by atoms with Gasteiger partial charge in [-0.25, -0.2) is 0 Å². The predicted octanol–water partition coefficient (Wildman–Crippen LogP) is 5.08. The summed E-state index contributed by atoms with van der Waals surface area (Å²) in [7, 11) is 0. The number of piperidine rings is 1. The minimum Gasteiger partial charge on any atom is -0.330 e. The van der Waals surface area contributed by atoms with Gasteiger partial charge in [-0.05, 0) is 49.6 Å². The number of carbonyl (C=O) groups is 1. The maximum absolute atomic E-state index is 13.8. The fraction of sp³-hybridized carbons (Fsp3) is 0.333. The Kier molecular flexibility index (Phi) is 7.11. The standard InChI is InChI=1S/C27H31N3O/c1-22(26-16-8-9-17-28-26)30(20-24-13-6-3-7-14-24)27(31)25-15-10-18-29(21-25)19-23-11-4-2-5-12-23/h2-9,11-14,16-17,22,25H,10,15,18-21H2,1H3. The van der Waals surface area contributed by atoms with E-state index in [0.29, 0.717) is 6.54 Å². The molecule has 31 heavy (non-hydrogen) atoms. The molecule has 0 aliphatic carbocycles. The van der Waals surface area contributed by atoms with E-state index < -0.39 is 0 Å². The monoisotopic (exact) mass is 413 g/mol. The van der Waals surface area contributed by atoms with Gasteiger partial charge in [-0.15, -0.1) is 0 Å². The first-order valence-electron chi connectivity index (χ1n) is 11.2. The van der Waals surface area contributed by atoms with Gasteiger partial charge in [-0.2, -0.15) is 0 Å². The zero-order valence-electron chi connectivity index (χ0n) is 18.2. The number of pyridine rings is 1. The highest BCUT2D eigenvalue weighted by atomic mass is 16.2. The number of benzene rings is 2. The van der Waals surface area contributed by atoms with Gasteiger partial charge in [0.15, 0.2) is 0 Å². The largest absolute Gasteiger partial charge is 0.330 e. The fourth-order valence-electron chi connectivity index (χ4n) is 4.45. The summed E-state index contributed by atoms with van der Waals surface area (Å²) in [5.74, 6) is 0.257. The number of hydrogen-bond donors (Lipinski definition) is 0. The van der Waals surface area contributed by atoms with E-state index in [2.05, 4.69) is 53.2 Å². The highest BCUT2D eigenvalue weighted by Gasteiger charge is 2.32. The molecule has 0 radical (unpaired) electrons. The van der Waals surface area contributed by atoms with Crippen LogP contribution in [0.3, 0.4) is 0 Å². The van der Waals surface area contributed by atoms with Gasteiger partial charge >= 0.3 is 0 Å². The molecule has 1 fully saturated rings. The molecule has 2 unspecified atom stereocenters. The maximum Gasteiger partial charge on any atom is 0.227 e. The molecule has 1 saturated heterocycles. The van der Waals surface area contributed by atoms with Crippen LogP contribution in [0.5, 0.6) is 0 Å². The van der Waals surface area contributed by atoms with Gasteiger partial charge in [-0.3, -0.25) is 14.7 Å². The molecule has 4 nitrogen and oxygen atoms in total. The van der Waals surface area contributed by atoms with Crippen LogP contribution in [0.4, 0.5) is 0 Å². The molecule has 4 rings (SSSR count). The average Bonchev–Trinajstić information content (AvgIpc) is 2.84. The Balaban J connectivity index is 1.51. The zero-order valence-corrected chi connectivity index (χ0v) is 18.2. The van der Waals surface area contributed by atoms with E-state index in [0.717, 1.165) is 43.7 Å². The van der Waals surface area contributed by atoms with Crippen molar-refractivity contribution >= 4 is 5.91 Å². The van der Waals surface area contributed by atoms with Crippen molar-refractivity contribution in [1.82, 2.24) is 14.8 Å². The fourth-order valence-corrected chi connectivity index (χ4v) is 4.45. The lowest BCUT2D eigenvalue weighted by Gasteiger charge is -2.37. The number of nitrogens with zero attached hydrogens (tertiary/aromatic N) is 3. The van der Waals surface area contributed by atoms with Crippen molar-refractivity contribution in [2.75, 3.05) is 13.1 Å². The third-order valence-electron chi connectivity index (χ3n) is 6.17. The van der Waals surface area contributed by atoms with Gasteiger partial charge in [-0.1, -0.05) is 66.7 Å². The molecule has 0 N–H and O–H groups in total. The molecule has 1 aliphatic heterocycles. The van der Waals surface area contributed by atoms with E-state index in [1.54, 1.807) is 6.20 Å². The molecular weight excluding hydrogens is 382 g/mol. The number of rotatable bonds is 7. The Morgan fingerprint density at radius 1 is 1.00 bits per heavy atom. The van der Waals surface area contributed by atoms with E-state index >= 15 is 0 Å². The summed E-state index contributed by atoms with van der Waals surface area (Å²) in [5, 5.41) is 0. The predicted molar refractivity (Wildman–Crippen MR) is 124 cm³/mol. The van der Waals surface area contributed by atoms with Gasteiger partial charge in [0.2, 0.25) is 5.91 Å². The van der Waals surface area contributed by atoms with Gasteiger partial charge < -0.3 is 4.90 Å². The van der Waals surface area contributed by atoms with E-state index in [-0.39, 0.29) is 17.9 Å². The van der Waals surface area contributed by atoms with E-state index in [4.69, 9.17) is 0 Å². The molecule has 4 heteroatoms. The number of likely N-dealkylation sites (tertiary alicyclic amines) is 1. The molecule has 1 aromatic heterocycles. The summed E-state index contributed by atoms with van der Waals surface area (Å²) in [4.78, 5) is 22.8. The molecule has 2 atom stereocenters. The van der Waals surface area contributed by atoms with E-state index in [1.807, 2.05) is 47.4 Å². The van der Waals surface area contributed by atoms with Crippen LogP contribution in [0.15, 0.2) is 85.1 Å². The minimum atomic E-state index is -0.0709. The normalized spacial score (nSPS) is 17.8. The third-order valence-corrected chi connectivity index (χ3v) is 6.17. The van der Waals surface area contributed by atoms with Crippen LogP contribution in [0, 0.1) is 5.92 Å². The number of carbonyl (C=O) groups excluding carboxylic acids is 1. The van der Waals surface area contributed by atoms with Crippen LogP contribution in [0.25, 0.3) is 0 Å². The van der Waals surface area contributed by atoms with Crippen molar-refractivity contribution in [1.29, 1.82) is 0 Å². The van der Waals surface area contributed by atoms with E-state index in [9.17, 15) is 4.79 Å². The average molecular weight is 414 g/mol. The molecule has 0 saturated carbocycles. The number of amides is 1. The van der Waals surface area contributed by atoms with Crippen LogP contribution in [-0.4, -0.2) is 33.8 Å². The van der Waals surface area contributed by atoms with Crippen LogP contribution < -0.4 is 0 Å². The molecule has 0 bridgehead atoms. The van der Waals surface area contributed by atoms with Crippen molar-refractivity contribution in [3.05, 3.63) is 102 Å². The van der Waals surface area contributed by atoms with Gasteiger partial charge in [0, 0.05) is 25.8 Å². The molecule has 2 heterocycles. The molecule has 0 spiro atoms. The first-order valence-corrected chi connectivity index (χ1v) is 11.2. The first kappa shape index (κ1) is 21.3. The highest BCUT2D eigenvalue weighted by molar-refractivity contribution is 5.79. The van der Waals surface area contributed by atoms with E-state index in [1.165, 1.54) is 5.56 Å². The molecule has 160 valence electrons. The highest BCUT2D eigenvalue weighted by Crippen LogP contribution is 2.27. The molecule has 2 aromatic carbocycles. The Morgan fingerprint density at radius 2 is 1.68 bits per heavy atom. The SMILES string of the molecule is CC(c1ccccn1)N(Cc1ccccc1)C(=O)C1CCCN(Cc2ccccc2)C1. The second-order valence-corrected chi connectivity index (χ2v) is 8.44. The topological polar surface area (TPSA) is 36.4 Å². The Morgan fingerprint density at radius 3 is 2.35 bits per heavy atom. The Hall–Kier alpha value is -2.98. The smallest absolute Gasteiger partial charge is 0.227 e. The third kappa shape index (κ3) is 5.59. The quantitative estimate of drug-likeness (QED) is 0.542. The summed E-state index contributed by atoms with van der Waals surface area (Å²) in [6, 6.07) is 26.7. The lowest BCUT2D eigenvalue weighted by atomic mass is 9.94. The lowest BCUT2D eigenvalue weighted by Crippen LogP contribution is -2.45. The van der Waals surface area contributed by atoms with Crippen LogP contribution in [-0.2, 0) is 17.9 Å². The van der Waals surface area contributed by atoms with Gasteiger partial charge in [0.1, 0.15) is 0 Å². The summed E-state index contributed by atoms with van der Waals surface area (Å²) in [6.07, 6.45) is 3.81. The summed E-state index contributed by atoms with van der Waals surface area (Å²) >= 11 is 0. The van der Waals surface area contributed by atoms with Gasteiger partial charge in [0.05, 0.1) is 17.7 Å². The zero-order chi connectivity index (χ0) is 21.5. The molecule has 1 aliphatic rings. The summed E-state index contributed by atoms with van der Waals surface area (Å²) in [5.41, 5.74) is 3.39. The second-order valence-electron chi connectivity index (χ2n) is 8.44. The number of aromatic nitrogens is 1. The van der Waals surface area contributed by atoms with Crippen molar-refractivity contribution in [3.8, 4) is 0 Å².